The van der Waals surface area contributed by atoms with E-state index in [-0.39, 0.29) is 22.3 Å². The Morgan fingerprint density at radius 2 is 2.13 bits per heavy atom. The van der Waals surface area contributed by atoms with Crippen molar-refractivity contribution >= 4 is 29.1 Å². The van der Waals surface area contributed by atoms with Gasteiger partial charge in [-0.15, -0.1) is 11.6 Å². The Bertz CT molecular complexity index is 358. The molecule has 1 unspecified atom stereocenters. The summed E-state index contributed by atoms with van der Waals surface area (Å²) in [5.41, 5.74) is -0.502. The lowest BCUT2D eigenvalue weighted by atomic mass is 10.0. The SMILES string of the molecule is CC(Cl)C(C)(C)NC(=O)c1ccc(Cl)o1. The number of carbonyl (C=O) groups excluding carboxylic acids is 1. The lowest BCUT2D eigenvalue weighted by Crippen LogP contribution is -2.48. The molecule has 0 aliphatic heterocycles. The molecule has 1 aromatic rings. The normalized spacial score (nSPS) is 13.7. The molecular weight excluding hydrogens is 237 g/mol. The van der Waals surface area contributed by atoms with Crippen molar-refractivity contribution in [2.45, 2.75) is 31.7 Å². The molecule has 15 heavy (non-hydrogen) atoms. The highest BCUT2D eigenvalue weighted by molar-refractivity contribution is 6.29. The summed E-state index contributed by atoms with van der Waals surface area (Å²) in [4.78, 5) is 11.7. The molecule has 1 aromatic heterocycles. The van der Waals surface area contributed by atoms with Crippen molar-refractivity contribution in [3.05, 3.63) is 23.1 Å². The Morgan fingerprint density at radius 1 is 1.53 bits per heavy atom. The zero-order valence-corrected chi connectivity index (χ0v) is 10.3. The molecule has 1 rings (SSSR count). The Kier molecular flexibility index (Phi) is 3.68. The summed E-state index contributed by atoms with van der Waals surface area (Å²) in [7, 11) is 0. The summed E-state index contributed by atoms with van der Waals surface area (Å²) < 4.78 is 4.98. The molecule has 1 amide bonds. The largest absolute Gasteiger partial charge is 0.440 e. The van der Waals surface area contributed by atoms with Gasteiger partial charge in [0.15, 0.2) is 11.0 Å². The minimum Gasteiger partial charge on any atom is -0.440 e. The predicted molar refractivity (Wildman–Crippen MR) is 60.6 cm³/mol. The van der Waals surface area contributed by atoms with Gasteiger partial charge >= 0.3 is 0 Å². The van der Waals surface area contributed by atoms with Crippen LogP contribution in [0.3, 0.4) is 0 Å². The zero-order chi connectivity index (χ0) is 11.6. The fourth-order valence-corrected chi connectivity index (χ4v) is 1.09. The van der Waals surface area contributed by atoms with Crippen molar-refractivity contribution < 1.29 is 9.21 Å². The summed E-state index contributed by atoms with van der Waals surface area (Å²) >= 11 is 11.5. The molecule has 0 saturated heterocycles. The number of amides is 1. The highest BCUT2D eigenvalue weighted by Crippen LogP contribution is 2.17. The van der Waals surface area contributed by atoms with E-state index in [9.17, 15) is 4.79 Å². The average molecular weight is 250 g/mol. The summed E-state index contributed by atoms with van der Waals surface area (Å²) in [5, 5.41) is 2.77. The van der Waals surface area contributed by atoms with Crippen molar-refractivity contribution in [2.75, 3.05) is 0 Å². The van der Waals surface area contributed by atoms with E-state index in [1.54, 1.807) is 0 Å². The number of rotatable bonds is 3. The van der Waals surface area contributed by atoms with E-state index in [2.05, 4.69) is 5.32 Å². The van der Waals surface area contributed by atoms with Gasteiger partial charge in [-0.2, -0.15) is 0 Å². The summed E-state index contributed by atoms with van der Waals surface area (Å²) in [6, 6.07) is 3.04. The minimum atomic E-state index is -0.502. The van der Waals surface area contributed by atoms with Crippen LogP contribution in [0.5, 0.6) is 0 Å². The van der Waals surface area contributed by atoms with Crippen molar-refractivity contribution in [3.63, 3.8) is 0 Å². The van der Waals surface area contributed by atoms with Gasteiger partial charge in [0.2, 0.25) is 0 Å². The van der Waals surface area contributed by atoms with Gasteiger partial charge in [-0.05, 0) is 44.5 Å². The fourth-order valence-electron chi connectivity index (χ4n) is 0.890. The van der Waals surface area contributed by atoms with Crippen molar-refractivity contribution in [3.8, 4) is 0 Å². The predicted octanol–water partition coefficient (Wildman–Crippen LogP) is 3.07. The lowest BCUT2D eigenvalue weighted by molar-refractivity contribution is 0.0884. The topological polar surface area (TPSA) is 42.2 Å². The molecule has 84 valence electrons. The van der Waals surface area contributed by atoms with Crippen LogP contribution in [0, 0.1) is 0 Å². The second-order valence-corrected chi connectivity index (χ2v) is 4.92. The standard InChI is InChI=1S/C10H13Cl2NO2/c1-6(11)10(2,3)13-9(14)7-4-5-8(12)15-7/h4-6H,1-3H3,(H,13,14). The quantitative estimate of drug-likeness (QED) is 0.837. The molecule has 0 spiro atoms. The van der Waals surface area contributed by atoms with Gasteiger partial charge in [-0.25, -0.2) is 0 Å². The maximum absolute atomic E-state index is 11.7. The van der Waals surface area contributed by atoms with Crippen LogP contribution < -0.4 is 5.32 Å². The monoisotopic (exact) mass is 249 g/mol. The summed E-state index contributed by atoms with van der Waals surface area (Å²) in [5.74, 6) is -0.134. The van der Waals surface area contributed by atoms with Gasteiger partial charge in [-0.3, -0.25) is 4.79 Å². The summed E-state index contributed by atoms with van der Waals surface area (Å²) in [6.45, 7) is 5.50. The first-order chi connectivity index (χ1) is 6.83. The molecule has 0 fully saturated rings. The van der Waals surface area contributed by atoms with E-state index in [0.717, 1.165) is 0 Å². The molecule has 3 nitrogen and oxygen atoms in total. The van der Waals surface area contributed by atoms with Gasteiger partial charge in [0, 0.05) is 0 Å². The number of alkyl halides is 1. The van der Waals surface area contributed by atoms with Gasteiger partial charge < -0.3 is 9.73 Å². The number of furan rings is 1. The van der Waals surface area contributed by atoms with E-state index in [0.29, 0.717) is 0 Å². The number of hydrogen-bond acceptors (Lipinski definition) is 2. The van der Waals surface area contributed by atoms with Gasteiger partial charge in [-0.1, -0.05) is 0 Å². The first-order valence-electron chi connectivity index (χ1n) is 4.55. The third kappa shape index (κ3) is 3.14. The minimum absolute atomic E-state index is 0.186. The maximum Gasteiger partial charge on any atom is 0.287 e. The number of hydrogen-bond donors (Lipinski definition) is 1. The van der Waals surface area contributed by atoms with Crippen LogP contribution >= 0.6 is 23.2 Å². The lowest BCUT2D eigenvalue weighted by Gasteiger charge is -2.28. The molecule has 0 aromatic carbocycles. The van der Waals surface area contributed by atoms with E-state index < -0.39 is 5.54 Å². The molecule has 0 bridgehead atoms. The van der Waals surface area contributed by atoms with Crippen LogP contribution in [0.1, 0.15) is 31.3 Å². The van der Waals surface area contributed by atoms with E-state index in [1.807, 2.05) is 20.8 Å². The molecule has 1 heterocycles. The van der Waals surface area contributed by atoms with Crippen molar-refractivity contribution in [2.24, 2.45) is 0 Å². The Hall–Kier alpha value is -0.670. The number of halogens is 2. The smallest absolute Gasteiger partial charge is 0.287 e. The van der Waals surface area contributed by atoms with Crippen LogP contribution in [0.25, 0.3) is 0 Å². The van der Waals surface area contributed by atoms with Gasteiger partial charge in [0.25, 0.3) is 5.91 Å². The van der Waals surface area contributed by atoms with Gasteiger partial charge in [0.1, 0.15) is 0 Å². The highest BCUT2D eigenvalue weighted by Gasteiger charge is 2.27. The van der Waals surface area contributed by atoms with Crippen LogP contribution in [-0.4, -0.2) is 16.8 Å². The molecule has 1 N–H and O–H groups in total. The molecule has 1 atom stereocenters. The Morgan fingerprint density at radius 3 is 2.53 bits per heavy atom. The number of nitrogens with one attached hydrogen (secondary N) is 1. The van der Waals surface area contributed by atoms with Crippen LogP contribution in [-0.2, 0) is 0 Å². The van der Waals surface area contributed by atoms with E-state index >= 15 is 0 Å². The average Bonchev–Trinajstić information content (AvgIpc) is 2.50. The first-order valence-corrected chi connectivity index (χ1v) is 5.36. The Labute approximate surface area is 98.7 Å². The molecule has 0 aliphatic carbocycles. The zero-order valence-electron chi connectivity index (χ0n) is 8.80. The molecule has 0 aliphatic rings. The van der Waals surface area contributed by atoms with Crippen molar-refractivity contribution in [1.82, 2.24) is 5.32 Å². The fraction of sp³-hybridized carbons (Fsp3) is 0.500. The summed E-state index contributed by atoms with van der Waals surface area (Å²) in [6.07, 6.45) is 0. The molecule has 5 heteroatoms. The second-order valence-electron chi connectivity index (χ2n) is 3.90. The Balaban J connectivity index is 2.72. The molecular formula is C10H13Cl2NO2. The maximum atomic E-state index is 11.7. The van der Waals surface area contributed by atoms with E-state index in [4.69, 9.17) is 27.6 Å². The van der Waals surface area contributed by atoms with Gasteiger partial charge in [0.05, 0.1) is 10.9 Å². The first kappa shape index (κ1) is 12.4. The van der Waals surface area contributed by atoms with E-state index in [1.165, 1.54) is 12.1 Å². The highest BCUT2D eigenvalue weighted by atomic mass is 35.5. The second kappa shape index (κ2) is 4.45. The number of carbonyl (C=O) groups is 1. The third-order valence-electron chi connectivity index (χ3n) is 2.23. The molecule has 0 saturated carbocycles. The molecule has 0 radical (unpaired) electrons. The van der Waals surface area contributed by atoms with Crippen LogP contribution in [0.4, 0.5) is 0 Å². The third-order valence-corrected chi connectivity index (χ3v) is 2.98. The van der Waals surface area contributed by atoms with Crippen LogP contribution in [0.15, 0.2) is 16.5 Å². The van der Waals surface area contributed by atoms with Crippen LogP contribution in [0.2, 0.25) is 5.22 Å². The van der Waals surface area contributed by atoms with Crippen molar-refractivity contribution in [1.29, 1.82) is 0 Å².